The average molecular weight is 421 g/mol. The first kappa shape index (κ1) is 17.4. The SMILES string of the molecule is COc1cncc(-n2c(=O)c3sc(Br)cc3n(CCC#N)c2=O)c1C. The summed E-state index contributed by atoms with van der Waals surface area (Å²) in [6.45, 7) is 1.96. The van der Waals surface area contributed by atoms with Gasteiger partial charge in [0.2, 0.25) is 0 Å². The van der Waals surface area contributed by atoms with Crippen molar-refractivity contribution in [2.24, 2.45) is 0 Å². The molecule has 0 fully saturated rings. The quantitative estimate of drug-likeness (QED) is 0.646. The van der Waals surface area contributed by atoms with Crippen LogP contribution in [0.15, 0.2) is 31.8 Å². The van der Waals surface area contributed by atoms with Gasteiger partial charge in [-0.05, 0) is 28.9 Å². The van der Waals surface area contributed by atoms with Gasteiger partial charge in [0.25, 0.3) is 5.56 Å². The fourth-order valence-corrected chi connectivity index (χ4v) is 4.16. The molecule has 0 saturated carbocycles. The number of ether oxygens (including phenoxy) is 1. The van der Waals surface area contributed by atoms with E-state index in [0.717, 1.165) is 8.35 Å². The van der Waals surface area contributed by atoms with Crippen molar-refractivity contribution in [2.45, 2.75) is 19.9 Å². The van der Waals surface area contributed by atoms with Gasteiger partial charge in [-0.15, -0.1) is 11.3 Å². The first-order chi connectivity index (χ1) is 12.0. The van der Waals surface area contributed by atoms with E-state index in [2.05, 4.69) is 20.9 Å². The third-order valence-electron chi connectivity index (χ3n) is 3.84. The van der Waals surface area contributed by atoms with E-state index in [1.54, 1.807) is 13.0 Å². The lowest BCUT2D eigenvalue weighted by Gasteiger charge is -2.14. The topological polar surface area (TPSA) is 89.9 Å². The Morgan fingerprint density at radius 2 is 2.16 bits per heavy atom. The molecule has 0 spiro atoms. The molecule has 0 amide bonds. The van der Waals surface area contributed by atoms with Crippen LogP contribution in [0, 0.1) is 18.3 Å². The van der Waals surface area contributed by atoms with Gasteiger partial charge < -0.3 is 4.74 Å². The fourth-order valence-electron chi connectivity index (χ4n) is 2.64. The highest BCUT2D eigenvalue weighted by atomic mass is 79.9. The van der Waals surface area contributed by atoms with E-state index in [0.29, 0.717) is 27.2 Å². The lowest BCUT2D eigenvalue weighted by Crippen LogP contribution is -2.39. The zero-order valence-electron chi connectivity index (χ0n) is 13.4. The van der Waals surface area contributed by atoms with Crippen LogP contribution in [0.25, 0.3) is 15.9 Å². The molecule has 9 heteroatoms. The number of pyridine rings is 1. The second kappa shape index (κ2) is 6.82. The van der Waals surface area contributed by atoms with Crippen molar-refractivity contribution in [1.29, 1.82) is 5.26 Å². The van der Waals surface area contributed by atoms with Crippen LogP contribution in [0.3, 0.4) is 0 Å². The van der Waals surface area contributed by atoms with E-state index in [1.165, 1.54) is 35.4 Å². The molecule has 0 radical (unpaired) electrons. The van der Waals surface area contributed by atoms with Crippen molar-refractivity contribution < 1.29 is 4.74 Å². The normalized spacial score (nSPS) is 10.8. The van der Waals surface area contributed by atoms with Crippen molar-refractivity contribution in [3.8, 4) is 17.5 Å². The number of nitriles is 1. The van der Waals surface area contributed by atoms with E-state index in [-0.39, 0.29) is 13.0 Å². The van der Waals surface area contributed by atoms with Gasteiger partial charge in [-0.3, -0.25) is 14.3 Å². The zero-order chi connectivity index (χ0) is 18.1. The third-order valence-corrected chi connectivity index (χ3v) is 5.46. The van der Waals surface area contributed by atoms with Gasteiger partial charge in [-0.1, -0.05) is 0 Å². The van der Waals surface area contributed by atoms with Gasteiger partial charge in [-0.25, -0.2) is 9.36 Å². The molecule has 0 aliphatic rings. The molecule has 3 heterocycles. The zero-order valence-corrected chi connectivity index (χ0v) is 15.8. The van der Waals surface area contributed by atoms with Gasteiger partial charge in [0.05, 0.1) is 47.0 Å². The van der Waals surface area contributed by atoms with Crippen molar-refractivity contribution in [2.75, 3.05) is 7.11 Å². The lowest BCUT2D eigenvalue weighted by molar-refractivity contribution is 0.409. The molecule has 0 bridgehead atoms. The molecule has 0 aliphatic heterocycles. The Kier molecular flexibility index (Phi) is 4.74. The number of aromatic nitrogens is 3. The highest BCUT2D eigenvalue weighted by Crippen LogP contribution is 2.27. The maximum Gasteiger partial charge on any atom is 0.336 e. The molecule has 0 atom stereocenters. The van der Waals surface area contributed by atoms with Crippen molar-refractivity contribution >= 4 is 37.5 Å². The molecule has 0 aliphatic carbocycles. The predicted octanol–water partition coefficient (Wildman–Crippen LogP) is 2.60. The number of rotatable bonds is 4. The molecule has 3 rings (SSSR count). The minimum Gasteiger partial charge on any atom is -0.495 e. The summed E-state index contributed by atoms with van der Waals surface area (Å²) in [5.74, 6) is 0.486. The van der Waals surface area contributed by atoms with E-state index < -0.39 is 11.2 Å². The maximum atomic E-state index is 13.0. The summed E-state index contributed by atoms with van der Waals surface area (Å²) < 4.78 is 8.95. The minimum atomic E-state index is -0.504. The van der Waals surface area contributed by atoms with Gasteiger partial charge in [0.15, 0.2) is 0 Å². The first-order valence-electron chi connectivity index (χ1n) is 7.30. The van der Waals surface area contributed by atoms with Gasteiger partial charge in [-0.2, -0.15) is 5.26 Å². The summed E-state index contributed by atoms with van der Waals surface area (Å²) in [6, 6.07) is 3.75. The van der Waals surface area contributed by atoms with Crippen molar-refractivity contribution in [3.05, 3.63) is 48.6 Å². The Morgan fingerprint density at radius 1 is 1.40 bits per heavy atom. The van der Waals surface area contributed by atoms with Gasteiger partial charge in [0.1, 0.15) is 10.4 Å². The first-order valence-corrected chi connectivity index (χ1v) is 8.91. The summed E-state index contributed by atoms with van der Waals surface area (Å²) in [6.07, 6.45) is 3.15. The molecular weight excluding hydrogens is 408 g/mol. The molecule has 3 aromatic heterocycles. The van der Waals surface area contributed by atoms with Crippen LogP contribution in [0.2, 0.25) is 0 Å². The maximum absolute atomic E-state index is 13.0. The Balaban J connectivity index is 2.42. The molecule has 0 N–H and O–H groups in total. The Labute approximate surface area is 154 Å². The minimum absolute atomic E-state index is 0.163. The van der Waals surface area contributed by atoms with Crippen LogP contribution in [0.5, 0.6) is 5.75 Å². The van der Waals surface area contributed by atoms with Gasteiger partial charge >= 0.3 is 5.69 Å². The van der Waals surface area contributed by atoms with Crippen molar-refractivity contribution in [1.82, 2.24) is 14.1 Å². The van der Waals surface area contributed by atoms with E-state index in [4.69, 9.17) is 10.00 Å². The third kappa shape index (κ3) is 2.88. The number of nitrogens with zero attached hydrogens (tertiary/aromatic N) is 4. The number of halogens is 1. The Bertz CT molecular complexity index is 1120. The number of thiophene rings is 1. The molecular formula is C16H13BrN4O3S. The molecule has 25 heavy (non-hydrogen) atoms. The van der Waals surface area contributed by atoms with Crippen LogP contribution < -0.4 is 16.0 Å². The summed E-state index contributed by atoms with van der Waals surface area (Å²) in [7, 11) is 1.50. The average Bonchev–Trinajstić information content (AvgIpc) is 2.98. The van der Waals surface area contributed by atoms with E-state index >= 15 is 0 Å². The van der Waals surface area contributed by atoms with Crippen LogP contribution in [0.1, 0.15) is 12.0 Å². The highest BCUT2D eigenvalue weighted by Gasteiger charge is 2.19. The molecule has 0 saturated heterocycles. The van der Waals surface area contributed by atoms with Crippen LogP contribution in [-0.4, -0.2) is 21.2 Å². The van der Waals surface area contributed by atoms with E-state index in [1.807, 2.05) is 6.07 Å². The lowest BCUT2D eigenvalue weighted by atomic mass is 10.2. The number of fused-ring (bicyclic) bond motifs is 1. The van der Waals surface area contributed by atoms with Crippen LogP contribution in [-0.2, 0) is 6.54 Å². The highest BCUT2D eigenvalue weighted by molar-refractivity contribution is 9.11. The summed E-state index contributed by atoms with van der Waals surface area (Å²) in [5.41, 5.74) is 0.607. The van der Waals surface area contributed by atoms with E-state index in [9.17, 15) is 9.59 Å². The van der Waals surface area contributed by atoms with Gasteiger partial charge in [0, 0.05) is 12.1 Å². The second-order valence-corrected chi connectivity index (χ2v) is 7.67. The number of methoxy groups -OCH3 is 1. The molecule has 0 aromatic carbocycles. The monoisotopic (exact) mass is 420 g/mol. The molecule has 0 unspecified atom stereocenters. The molecule has 7 nitrogen and oxygen atoms in total. The fraction of sp³-hybridized carbons (Fsp3) is 0.250. The summed E-state index contributed by atoms with van der Waals surface area (Å²) in [5, 5.41) is 8.88. The standard InChI is InChI=1S/C16H13BrN4O3S/c1-9-11(7-19-8-12(9)24-2)21-15(22)14-10(6-13(17)25-14)20(16(21)23)5-3-4-18/h6-8H,3,5H2,1-2H3. The van der Waals surface area contributed by atoms with Crippen LogP contribution in [0.4, 0.5) is 0 Å². The number of hydrogen-bond acceptors (Lipinski definition) is 6. The van der Waals surface area contributed by atoms with Crippen LogP contribution >= 0.6 is 27.3 Å². The Hall–Kier alpha value is -2.44. The predicted molar refractivity (Wildman–Crippen MR) is 98.7 cm³/mol. The summed E-state index contributed by atoms with van der Waals surface area (Å²) in [4.78, 5) is 30.0. The van der Waals surface area contributed by atoms with Crippen molar-refractivity contribution in [3.63, 3.8) is 0 Å². The molecule has 128 valence electrons. The smallest absolute Gasteiger partial charge is 0.336 e. The largest absolute Gasteiger partial charge is 0.495 e. The number of hydrogen-bond donors (Lipinski definition) is 0. The Morgan fingerprint density at radius 3 is 2.84 bits per heavy atom. The number of aryl methyl sites for hydroxylation is 1. The summed E-state index contributed by atoms with van der Waals surface area (Å²) >= 11 is 4.61. The molecule has 3 aromatic rings. The second-order valence-electron chi connectivity index (χ2n) is 5.23.